The van der Waals surface area contributed by atoms with Crippen molar-refractivity contribution in [1.29, 1.82) is 0 Å². The Bertz CT molecular complexity index is 628. The van der Waals surface area contributed by atoms with Gasteiger partial charge < -0.3 is 10.1 Å². The molecule has 1 heterocycles. The Morgan fingerprint density at radius 3 is 2.82 bits per heavy atom. The van der Waals surface area contributed by atoms with Crippen molar-refractivity contribution in [2.24, 2.45) is 5.92 Å². The minimum atomic E-state index is -0.149. The Morgan fingerprint density at radius 2 is 2.23 bits per heavy atom. The average Bonchev–Trinajstić information content (AvgIpc) is 2.99. The van der Waals surface area contributed by atoms with Crippen LogP contribution in [0.4, 0.5) is 0 Å². The number of carbonyl (C=O) groups is 1. The van der Waals surface area contributed by atoms with E-state index in [9.17, 15) is 4.79 Å². The molecule has 0 aliphatic rings. The van der Waals surface area contributed by atoms with Gasteiger partial charge in [-0.3, -0.25) is 9.48 Å². The summed E-state index contributed by atoms with van der Waals surface area (Å²) in [7, 11) is 1.58. The smallest absolute Gasteiger partial charge is 0.252 e. The predicted octanol–water partition coefficient (Wildman–Crippen LogP) is 2.50. The Kier molecular flexibility index (Phi) is 5.54. The number of methoxy groups -OCH3 is 1. The molecule has 0 spiro atoms. The van der Waals surface area contributed by atoms with Gasteiger partial charge in [-0.15, -0.1) is 5.10 Å². The van der Waals surface area contributed by atoms with E-state index in [1.807, 2.05) is 0 Å². The molecule has 0 fully saturated rings. The first-order valence-corrected chi connectivity index (χ1v) is 7.79. The molecule has 118 valence electrons. The topological polar surface area (TPSA) is 69.0 Å². The molecule has 7 heteroatoms. The second-order valence-corrected chi connectivity index (χ2v) is 6.15. The van der Waals surface area contributed by atoms with Crippen molar-refractivity contribution in [3.8, 4) is 5.75 Å². The molecule has 1 atom stereocenters. The summed E-state index contributed by atoms with van der Waals surface area (Å²) in [6.45, 7) is 4.69. The van der Waals surface area contributed by atoms with E-state index in [0.717, 1.165) is 4.47 Å². The van der Waals surface area contributed by atoms with Gasteiger partial charge in [0.2, 0.25) is 0 Å². The molecule has 1 aromatic heterocycles. The lowest BCUT2D eigenvalue weighted by molar-refractivity contribution is 0.0918. The van der Waals surface area contributed by atoms with E-state index < -0.39 is 0 Å². The van der Waals surface area contributed by atoms with Crippen LogP contribution in [-0.4, -0.2) is 34.1 Å². The van der Waals surface area contributed by atoms with Crippen LogP contribution in [-0.2, 0) is 6.54 Å². The number of benzene rings is 1. The van der Waals surface area contributed by atoms with Gasteiger partial charge in [0.25, 0.3) is 5.91 Å². The quantitative estimate of drug-likeness (QED) is 0.852. The van der Waals surface area contributed by atoms with Gasteiger partial charge in [0.1, 0.15) is 5.75 Å². The lowest BCUT2D eigenvalue weighted by Gasteiger charge is -2.22. The summed E-state index contributed by atoms with van der Waals surface area (Å²) >= 11 is 3.40. The molecule has 0 aliphatic heterocycles. The molecule has 22 heavy (non-hydrogen) atoms. The summed E-state index contributed by atoms with van der Waals surface area (Å²) in [5.41, 5.74) is 0.545. The van der Waals surface area contributed by atoms with Gasteiger partial charge in [0, 0.05) is 10.7 Å². The molecule has 0 bridgehead atoms. The fourth-order valence-electron chi connectivity index (χ4n) is 2.01. The maximum absolute atomic E-state index is 12.5. The fraction of sp³-hybridized carbons (Fsp3) is 0.400. The van der Waals surface area contributed by atoms with E-state index in [1.54, 1.807) is 42.4 Å². The molecular formula is C15H19BrN4O2. The molecule has 0 saturated heterocycles. The number of hydrogen-bond acceptors (Lipinski definition) is 4. The van der Waals surface area contributed by atoms with E-state index in [0.29, 0.717) is 17.9 Å². The van der Waals surface area contributed by atoms with E-state index in [1.165, 1.54) is 0 Å². The molecule has 0 aliphatic carbocycles. The van der Waals surface area contributed by atoms with E-state index >= 15 is 0 Å². The van der Waals surface area contributed by atoms with Crippen LogP contribution >= 0.6 is 15.9 Å². The monoisotopic (exact) mass is 366 g/mol. The van der Waals surface area contributed by atoms with Gasteiger partial charge in [0.05, 0.1) is 31.5 Å². The van der Waals surface area contributed by atoms with Crippen molar-refractivity contribution in [3.05, 3.63) is 40.6 Å². The Balaban J connectivity index is 2.14. The Hall–Kier alpha value is -1.89. The van der Waals surface area contributed by atoms with Crippen molar-refractivity contribution >= 4 is 21.8 Å². The number of ether oxygens (including phenoxy) is 1. The summed E-state index contributed by atoms with van der Waals surface area (Å²) in [6.07, 6.45) is 3.40. The third-order valence-corrected chi connectivity index (χ3v) is 4.09. The molecule has 2 aromatic rings. The van der Waals surface area contributed by atoms with Crippen molar-refractivity contribution in [3.63, 3.8) is 0 Å². The Morgan fingerprint density at radius 1 is 1.45 bits per heavy atom. The van der Waals surface area contributed by atoms with Gasteiger partial charge >= 0.3 is 0 Å². The largest absolute Gasteiger partial charge is 0.497 e. The first-order valence-electron chi connectivity index (χ1n) is 6.99. The van der Waals surface area contributed by atoms with Crippen LogP contribution < -0.4 is 10.1 Å². The number of halogens is 1. The highest BCUT2D eigenvalue weighted by Crippen LogP contribution is 2.22. The first-order chi connectivity index (χ1) is 10.5. The molecule has 6 nitrogen and oxygen atoms in total. The second kappa shape index (κ2) is 7.40. The van der Waals surface area contributed by atoms with Crippen molar-refractivity contribution in [1.82, 2.24) is 20.3 Å². The molecule has 0 saturated carbocycles. The van der Waals surface area contributed by atoms with Crippen LogP contribution in [0.2, 0.25) is 0 Å². The number of aromatic nitrogens is 3. The van der Waals surface area contributed by atoms with Crippen LogP contribution in [0.5, 0.6) is 5.75 Å². The maximum Gasteiger partial charge on any atom is 0.252 e. The Labute approximate surface area is 138 Å². The summed E-state index contributed by atoms with van der Waals surface area (Å²) in [5.74, 6) is 0.757. The van der Waals surface area contributed by atoms with E-state index in [4.69, 9.17) is 4.74 Å². The average molecular weight is 367 g/mol. The third kappa shape index (κ3) is 4.07. The molecule has 0 radical (unpaired) electrons. The summed E-state index contributed by atoms with van der Waals surface area (Å²) < 4.78 is 7.62. The zero-order valence-electron chi connectivity index (χ0n) is 12.8. The van der Waals surface area contributed by atoms with Crippen molar-refractivity contribution < 1.29 is 9.53 Å². The highest BCUT2D eigenvalue weighted by atomic mass is 79.9. The predicted molar refractivity (Wildman–Crippen MR) is 86.8 cm³/mol. The number of rotatable bonds is 6. The van der Waals surface area contributed by atoms with Crippen LogP contribution in [0.3, 0.4) is 0 Å². The number of nitrogens with one attached hydrogen (secondary N) is 1. The van der Waals surface area contributed by atoms with Crippen LogP contribution in [0.15, 0.2) is 35.1 Å². The molecule has 1 N–H and O–H groups in total. The normalized spacial score (nSPS) is 12.2. The SMILES string of the molecule is COc1ccc(Br)c(C(=O)N[C@@H](Cn2ccnn2)C(C)C)c1. The van der Waals surface area contributed by atoms with Gasteiger partial charge in [-0.2, -0.15) is 0 Å². The summed E-state index contributed by atoms with van der Waals surface area (Å²) in [4.78, 5) is 12.5. The van der Waals surface area contributed by atoms with Crippen LogP contribution in [0, 0.1) is 5.92 Å². The van der Waals surface area contributed by atoms with Gasteiger partial charge in [0.15, 0.2) is 0 Å². The standard InChI is InChI=1S/C15H19BrN4O2/c1-10(2)14(9-20-7-6-17-19-20)18-15(21)12-8-11(22-3)4-5-13(12)16/h4-8,10,14H,9H2,1-3H3,(H,18,21)/t14-/m0/s1. The van der Waals surface area contributed by atoms with Gasteiger partial charge in [-0.1, -0.05) is 19.1 Å². The van der Waals surface area contributed by atoms with E-state index in [-0.39, 0.29) is 17.9 Å². The van der Waals surface area contributed by atoms with Gasteiger partial charge in [-0.25, -0.2) is 0 Å². The fourth-order valence-corrected chi connectivity index (χ4v) is 2.43. The number of carbonyl (C=O) groups excluding carboxylic acids is 1. The number of nitrogens with zero attached hydrogens (tertiary/aromatic N) is 3. The molecule has 1 amide bonds. The maximum atomic E-state index is 12.5. The highest BCUT2D eigenvalue weighted by molar-refractivity contribution is 9.10. The lowest BCUT2D eigenvalue weighted by atomic mass is 10.0. The lowest BCUT2D eigenvalue weighted by Crippen LogP contribution is -2.41. The van der Waals surface area contributed by atoms with Crippen LogP contribution in [0.1, 0.15) is 24.2 Å². The molecule has 1 aromatic carbocycles. The first kappa shape index (κ1) is 16.5. The zero-order valence-corrected chi connectivity index (χ0v) is 14.4. The molecule has 0 unspecified atom stereocenters. The zero-order chi connectivity index (χ0) is 16.1. The minimum Gasteiger partial charge on any atom is -0.497 e. The third-order valence-electron chi connectivity index (χ3n) is 3.40. The second-order valence-electron chi connectivity index (χ2n) is 5.29. The van der Waals surface area contributed by atoms with E-state index in [2.05, 4.69) is 45.4 Å². The van der Waals surface area contributed by atoms with Gasteiger partial charge in [-0.05, 0) is 40.0 Å². The molecular weight excluding hydrogens is 348 g/mol. The number of hydrogen-bond donors (Lipinski definition) is 1. The van der Waals surface area contributed by atoms with Crippen LogP contribution in [0.25, 0.3) is 0 Å². The highest BCUT2D eigenvalue weighted by Gasteiger charge is 2.20. The van der Waals surface area contributed by atoms with Crippen molar-refractivity contribution in [2.75, 3.05) is 7.11 Å². The van der Waals surface area contributed by atoms with Crippen molar-refractivity contribution in [2.45, 2.75) is 26.4 Å². The number of amides is 1. The molecule has 2 rings (SSSR count). The summed E-state index contributed by atoms with van der Waals surface area (Å²) in [5, 5.41) is 10.8. The summed E-state index contributed by atoms with van der Waals surface area (Å²) in [6, 6.07) is 5.27. The minimum absolute atomic E-state index is 0.0488.